The third-order valence-electron chi connectivity index (χ3n) is 2.31. The molecule has 0 saturated heterocycles. The second-order valence-electron chi connectivity index (χ2n) is 3.83. The fourth-order valence-corrected chi connectivity index (χ4v) is 2.00. The average molecular weight is 269 g/mol. The normalized spacial score (nSPS) is 10.1. The first-order valence-electron chi connectivity index (χ1n) is 6.02. The summed E-state index contributed by atoms with van der Waals surface area (Å²) in [7, 11) is 0. The summed E-state index contributed by atoms with van der Waals surface area (Å²) in [6.45, 7) is 1.67. The van der Waals surface area contributed by atoms with Crippen molar-refractivity contribution in [2.45, 2.75) is 19.3 Å². The molecule has 4 N–H and O–H groups in total. The van der Waals surface area contributed by atoms with Crippen LogP contribution < -0.4 is 16.4 Å². The van der Waals surface area contributed by atoms with E-state index >= 15 is 0 Å². The summed E-state index contributed by atoms with van der Waals surface area (Å²) in [5.41, 5.74) is 5.31. The summed E-state index contributed by atoms with van der Waals surface area (Å²) in [5.74, 6) is -0.0375. The number of rotatable bonds is 8. The van der Waals surface area contributed by atoms with Gasteiger partial charge in [0, 0.05) is 19.5 Å². The van der Waals surface area contributed by atoms with Crippen LogP contribution in [0.1, 0.15) is 28.9 Å². The first-order valence-corrected chi connectivity index (χ1v) is 6.90. The molecule has 0 fully saturated rings. The molecular weight excluding hydrogens is 250 g/mol. The molecule has 1 aromatic rings. The minimum absolute atomic E-state index is 0.0185. The summed E-state index contributed by atoms with van der Waals surface area (Å²) < 4.78 is 0. The van der Waals surface area contributed by atoms with Gasteiger partial charge in [0.1, 0.15) is 0 Å². The van der Waals surface area contributed by atoms with Gasteiger partial charge in [-0.15, -0.1) is 11.3 Å². The molecule has 1 aromatic heterocycles. The van der Waals surface area contributed by atoms with E-state index in [4.69, 9.17) is 5.73 Å². The number of hydrogen-bond donors (Lipinski definition) is 3. The van der Waals surface area contributed by atoms with Crippen molar-refractivity contribution in [3.63, 3.8) is 0 Å². The Morgan fingerprint density at radius 2 is 2.00 bits per heavy atom. The molecular formula is C12H19N3O2S. The van der Waals surface area contributed by atoms with Crippen molar-refractivity contribution in [1.29, 1.82) is 0 Å². The quantitative estimate of drug-likeness (QED) is 0.608. The van der Waals surface area contributed by atoms with E-state index in [1.807, 2.05) is 11.4 Å². The van der Waals surface area contributed by atoms with Crippen LogP contribution in [0.3, 0.4) is 0 Å². The fourth-order valence-electron chi connectivity index (χ4n) is 1.36. The molecule has 0 radical (unpaired) electrons. The van der Waals surface area contributed by atoms with Gasteiger partial charge in [-0.05, 0) is 30.8 Å². The molecule has 100 valence electrons. The van der Waals surface area contributed by atoms with E-state index in [1.165, 1.54) is 11.3 Å². The Morgan fingerprint density at radius 3 is 2.67 bits per heavy atom. The van der Waals surface area contributed by atoms with E-state index in [1.54, 1.807) is 6.07 Å². The van der Waals surface area contributed by atoms with Gasteiger partial charge in [0.2, 0.25) is 5.91 Å². The Balaban J connectivity index is 2.02. The molecule has 0 unspecified atom stereocenters. The van der Waals surface area contributed by atoms with Crippen LogP contribution in [0.4, 0.5) is 0 Å². The smallest absolute Gasteiger partial charge is 0.261 e. The summed E-state index contributed by atoms with van der Waals surface area (Å²) in [6, 6.07) is 3.63. The minimum Gasteiger partial charge on any atom is -0.356 e. The summed E-state index contributed by atoms with van der Waals surface area (Å²) in [6.07, 6.45) is 1.91. The highest BCUT2D eigenvalue weighted by Gasteiger charge is 2.04. The number of nitrogens with one attached hydrogen (secondary N) is 2. The Kier molecular flexibility index (Phi) is 7.05. The van der Waals surface area contributed by atoms with Crippen LogP contribution in [0.5, 0.6) is 0 Å². The van der Waals surface area contributed by atoms with Crippen molar-refractivity contribution in [3.05, 3.63) is 22.4 Å². The van der Waals surface area contributed by atoms with E-state index in [0.29, 0.717) is 37.4 Å². The Morgan fingerprint density at radius 1 is 1.22 bits per heavy atom. The largest absolute Gasteiger partial charge is 0.356 e. The van der Waals surface area contributed by atoms with E-state index < -0.39 is 0 Å². The Labute approximate surface area is 111 Å². The molecule has 6 heteroatoms. The van der Waals surface area contributed by atoms with Crippen LogP contribution in [0, 0.1) is 0 Å². The molecule has 0 aliphatic carbocycles. The predicted molar refractivity (Wildman–Crippen MR) is 72.6 cm³/mol. The third-order valence-corrected chi connectivity index (χ3v) is 3.18. The van der Waals surface area contributed by atoms with Crippen LogP contribution in [0.2, 0.25) is 0 Å². The maximum absolute atomic E-state index is 11.5. The highest BCUT2D eigenvalue weighted by Crippen LogP contribution is 2.07. The van der Waals surface area contributed by atoms with Crippen molar-refractivity contribution < 1.29 is 9.59 Å². The third kappa shape index (κ3) is 5.79. The molecule has 5 nitrogen and oxygen atoms in total. The van der Waals surface area contributed by atoms with E-state index in [0.717, 1.165) is 6.42 Å². The number of hydrogen-bond acceptors (Lipinski definition) is 4. The number of carbonyl (C=O) groups is 2. The van der Waals surface area contributed by atoms with Crippen LogP contribution in [-0.2, 0) is 4.79 Å². The standard InChI is InChI=1S/C12H19N3O2S/c13-6-1-5-11(16)14-7-3-8-15-12(17)10-4-2-9-18-10/h2,4,9H,1,3,5-8,13H2,(H,14,16)(H,15,17). The number of thiophene rings is 1. The maximum atomic E-state index is 11.5. The second-order valence-corrected chi connectivity index (χ2v) is 4.78. The summed E-state index contributed by atoms with van der Waals surface area (Å²) >= 11 is 1.42. The van der Waals surface area contributed by atoms with Gasteiger partial charge in [-0.3, -0.25) is 9.59 Å². The van der Waals surface area contributed by atoms with Gasteiger partial charge in [0.15, 0.2) is 0 Å². The molecule has 0 bridgehead atoms. The van der Waals surface area contributed by atoms with Crippen molar-refractivity contribution in [2.75, 3.05) is 19.6 Å². The molecule has 0 atom stereocenters. The van der Waals surface area contributed by atoms with Gasteiger partial charge in [-0.25, -0.2) is 0 Å². The lowest BCUT2D eigenvalue weighted by Gasteiger charge is -2.05. The van der Waals surface area contributed by atoms with Crippen LogP contribution in [0.25, 0.3) is 0 Å². The Bertz CT molecular complexity index is 365. The van der Waals surface area contributed by atoms with Crippen LogP contribution in [-0.4, -0.2) is 31.4 Å². The second kappa shape index (κ2) is 8.66. The molecule has 0 spiro atoms. The van der Waals surface area contributed by atoms with Crippen LogP contribution in [0.15, 0.2) is 17.5 Å². The highest BCUT2D eigenvalue weighted by atomic mass is 32.1. The van der Waals surface area contributed by atoms with Gasteiger partial charge in [-0.1, -0.05) is 6.07 Å². The lowest BCUT2D eigenvalue weighted by Crippen LogP contribution is -2.29. The molecule has 18 heavy (non-hydrogen) atoms. The van der Waals surface area contributed by atoms with Gasteiger partial charge in [0.25, 0.3) is 5.91 Å². The minimum atomic E-state index is -0.0561. The summed E-state index contributed by atoms with van der Waals surface area (Å²) in [5, 5.41) is 7.45. The zero-order valence-electron chi connectivity index (χ0n) is 10.3. The lowest BCUT2D eigenvalue weighted by atomic mass is 10.3. The van der Waals surface area contributed by atoms with Gasteiger partial charge in [-0.2, -0.15) is 0 Å². The number of amides is 2. The monoisotopic (exact) mass is 269 g/mol. The molecule has 2 amide bonds. The first-order chi connectivity index (χ1) is 8.74. The predicted octanol–water partition coefficient (Wildman–Crippen LogP) is 0.723. The lowest BCUT2D eigenvalue weighted by molar-refractivity contribution is -0.121. The molecule has 1 heterocycles. The van der Waals surface area contributed by atoms with E-state index in [-0.39, 0.29) is 11.8 Å². The molecule has 0 saturated carbocycles. The molecule has 0 aliphatic heterocycles. The van der Waals surface area contributed by atoms with Crippen molar-refractivity contribution in [1.82, 2.24) is 10.6 Å². The zero-order chi connectivity index (χ0) is 13.2. The van der Waals surface area contributed by atoms with Gasteiger partial charge in [0.05, 0.1) is 4.88 Å². The van der Waals surface area contributed by atoms with Crippen molar-refractivity contribution in [2.24, 2.45) is 5.73 Å². The van der Waals surface area contributed by atoms with Crippen LogP contribution >= 0.6 is 11.3 Å². The molecule has 0 aromatic carbocycles. The topological polar surface area (TPSA) is 84.2 Å². The van der Waals surface area contributed by atoms with Crippen molar-refractivity contribution >= 4 is 23.2 Å². The van der Waals surface area contributed by atoms with Crippen molar-refractivity contribution in [3.8, 4) is 0 Å². The Hall–Kier alpha value is -1.40. The molecule has 1 rings (SSSR count). The van der Waals surface area contributed by atoms with Gasteiger partial charge < -0.3 is 16.4 Å². The van der Waals surface area contributed by atoms with E-state index in [2.05, 4.69) is 10.6 Å². The number of carbonyl (C=O) groups excluding carboxylic acids is 2. The number of nitrogens with two attached hydrogens (primary N) is 1. The summed E-state index contributed by atoms with van der Waals surface area (Å²) in [4.78, 5) is 23.5. The SMILES string of the molecule is NCCCC(=O)NCCCNC(=O)c1cccs1. The van der Waals surface area contributed by atoms with Gasteiger partial charge >= 0.3 is 0 Å². The highest BCUT2D eigenvalue weighted by molar-refractivity contribution is 7.12. The van der Waals surface area contributed by atoms with E-state index in [9.17, 15) is 9.59 Å². The first kappa shape index (κ1) is 14.7. The molecule has 0 aliphatic rings. The zero-order valence-corrected chi connectivity index (χ0v) is 11.1. The maximum Gasteiger partial charge on any atom is 0.261 e. The average Bonchev–Trinajstić information content (AvgIpc) is 2.89. The fraction of sp³-hybridized carbons (Fsp3) is 0.500.